The molecule has 0 saturated carbocycles. The summed E-state index contributed by atoms with van der Waals surface area (Å²) in [5.74, 6) is -0.965. The number of anilines is 1. The van der Waals surface area contributed by atoms with Crippen LogP contribution in [0, 0.1) is 0 Å². The molecule has 1 heterocycles. The van der Waals surface area contributed by atoms with Gasteiger partial charge in [0.05, 0.1) is 24.1 Å². The van der Waals surface area contributed by atoms with Crippen LogP contribution in [-0.2, 0) is 4.74 Å². The third-order valence-corrected chi connectivity index (χ3v) is 1.67. The van der Waals surface area contributed by atoms with E-state index in [0.717, 1.165) is 0 Å². The lowest BCUT2D eigenvalue weighted by molar-refractivity contribution is 0.0697. The Hall–Kier alpha value is -1.62. The lowest BCUT2D eigenvalue weighted by atomic mass is 10.2. The molecule has 5 heteroatoms. The highest BCUT2D eigenvalue weighted by molar-refractivity contribution is 5.93. The number of carbonyl (C=O) groups is 1. The third kappa shape index (κ3) is 2.70. The smallest absolute Gasteiger partial charge is 0.337 e. The van der Waals surface area contributed by atoms with Crippen molar-refractivity contribution < 1.29 is 14.6 Å². The van der Waals surface area contributed by atoms with Gasteiger partial charge < -0.3 is 15.2 Å². The van der Waals surface area contributed by atoms with Crippen LogP contribution in [0.3, 0.4) is 0 Å². The first-order chi connectivity index (χ1) is 6.75. The maximum Gasteiger partial charge on any atom is 0.337 e. The van der Waals surface area contributed by atoms with Gasteiger partial charge in [0.2, 0.25) is 0 Å². The molecule has 0 amide bonds. The Morgan fingerprint density at radius 3 is 3.14 bits per heavy atom. The number of methoxy groups -OCH3 is 1. The molecule has 2 N–H and O–H groups in total. The first-order valence-corrected chi connectivity index (χ1v) is 4.16. The lowest BCUT2D eigenvalue weighted by Gasteiger charge is -2.07. The van der Waals surface area contributed by atoms with Gasteiger partial charge >= 0.3 is 5.97 Å². The topological polar surface area (TPSA) is 71.5 Å². The number of aromatic nitrogens is 1. The van der Waals surface area contributed by atoms with E-state index in [9.17, 15) is 4.79 Å². The molecule has 0 unspecified atom stereocenters. The van der Waals surface area contributed by atoms with Crippen LogP contribution in [0.25, 0.3) is 0 Å². The Kier molecular flexibility index (Phi) is 3.87. The number of nitrogens with zero attached hydrogens (tertiary/aromatic N) is 1. The second kappa shape index (κ2) is 5.18. The van der Waals surface area contributed by atoms with Gasteiger partial charge in [-0.2, -0.15) is 0 Å². The Labute approximate surface area is 81.7 Å². The highest BCUT2D eigenvalue weighted by Crippen LogP contribution is 2.12. The molecule has 5 nitrogen and oxygen atoms in total. The second-order valence-electron chi connectivity index (χ2n) is 2.65. The minimum atomic E-state index is -0.965. The van der Waals surface area contributed by atoms with Crippen molar-refractivity contribution >= 4 is 11.7 Å². The minimum absolute atomic E-state index is 0.219. The number of hydrogen-bond acceptors (Lipinski definition) is 4. The lowest BCUT2D eigenvalue weighted by Crippen LogP contribution is -2.11. The summed E-state index contributed by atoms with van der Waals surface area (Å²) in [4.78, 5) is 14.6. The van der Waals surface area contributed by atoms with Crippen molar-refractivity contribution in [1.82, 2.24) is 4.98 Å². The van der Waals surface area contributed by atoms with E-state index in [1.807, 2.05) is 0 Å². The van der Waals surface area contributed by atoms with Crippen LogP contribution in [0.2, 0.25) is 0 Å². The van der Waals surface area contributed by atoms with Crippen LogP contribution in [0.15, 0.2) is 18.5 Å². The fourth-order valence-corrected chi connectivity index (χ4v) is 1.01. The number of carboxylic acids is 1. The van der Waals surface area contributed by atoms with Crippen LogP contribution in [0.1, 0.15) is 10.4 Å². The number of hydrogen-bond donors (Lipinski definition) is 2. The zero-order chi connectivity index (χ0) is 10.4. The number of ether oxygens (including phenoxy) is 1. The summed E-state index contributed by atoms with van der Waals surface area (Å²) in [6, 6.07) is 1.46. The Morgan fingerprint density at radius 1 is 1.71 bits per heavy atom. The number of carboxylic acid groups (broad SMARTS) is 1. The maximum atomic E-state index is 10.8. The molecule has 0 aliphatic heterocycles. The van der Waals surface area contributed by atoms with E-state index in [-0.39, 0.29) is 5.56 Å². The molecule has 14 heavy (non-hydrogen) atoms. The molecular formula is C9H12N2O3. The van der Waals surface area contributed by atoms with Crippen molar-refractivity contribution in [3.8, 4) is 0 Å². The van der Waals surface area contributed by atoms with Crippen LogP contribution in [-0.4, -0.2) is 36.3 Å². The number of rotatable bonds is 5. The normalized spacial score (nSPS) is 9.79. The largest absolute Gasteiger partial charge is 0.478 e. The van der Waals surface area contributed by atoms with Crippen LogP contribution >= 0.6 is 0 Å². The molecule has 0 aliphatic rings. The van der Waals surface area contributed by atoms with Crippen molar-refractivity contribution in [2.75, 3.05) is 25.6 Å². The van der Waals surface area contributed by atoms with Crippen molar-refractivity contribution in [2.24, 2.45) is 0 Å². The van der Waals surface area contributed by atoms with Gasteiger partial charge in [-0.1, -0.05) is 0 Å². The van der Waals surface area contributed by atoms with E-state index in [2.05, 4.69) is 10.3 Å². The number of pyridine rings is 1. The van der Waals surface area contributed by atoms with E-state index in [1.54, 1.807) is 7.11 Å². The van der Waals surface area contributed by atoms with Gasteiger partial charge in [0, 0.05) is 19.9 Å². The van der Waals surface area contributed by atoms with Crippen LogP contribution < -0.4 is 5.32 Å². The molecular weight excluding hydrogens is 184 g/mol. The zero-order valence-electron chi connectivity index (χ0n) is 7.86. The Bertz CT molecular complexity index is 315. The van der Waals surface area contributed by atoms with Crippen molar-refractivity contribution in [3.63, 3.8) is 0 Å². The number of nitrogens with one attached hydrogen (secondary N) is 1. The SMILES string of the molecule is COCCNc1cnccc1C(=O)O. The van der Waals surface area contributed by atoms with Gasteiger partial charge in [-0.25, -0.2) is 4.79 Å². The summed E-state index contributed by atoms with van der Waals surface area (Å²) in [6.45, 7) is 1.08. The molecule has 0 bridgehead atoms. The van der Waals surface area contributed by atoms with Gasteiger partial charge in [-0.15, -0.1) is 0 Å². The molecule has 0 fully saturated rings. The summed E-state index contributed by atoms with van der Waals surface area (Å²) in [6.07, 6.45) is 2.93. The van der Waals surface area contributed by atoms with E-state index in [0.29, 0.717) is 18.8 Å². The summed E-state index contributed by atoms with van der Waals surface area (Å²) in [5, 5.41) is 11.8. The van der Waals surface area contributed by atoms with Gasteiger partial charge in [-0.05, 0) is 6.07 Å². The molecule has 0 saturated heterocycles. The zero-order valence-corrected chi connectivity index (χ0v) is 7.86. The first kappa shape index (κ1) is 10.5. The predicted molar refractivity (Wildman–Crippen MR) is 51.6 cm³/mol. The Morgan fingerprint density at radius 2 is 2.50 bits per heavy atom. The quantitative estimate of drug-likeness (QED) is 0.683. The first-order valence-electron chi connectivity index (χ1n) is 4.16. The minimum Gasteiger partial charge on any atom is -0.478 e. The van der Waals surface area contributed by atoms with E-state index < -0.39 is 5.97 Å². The fourth-order valence-electron chi connectivity index (χ4n) is 1.01. The second-order valence-corrected chi connectivity index (χ2v) is 2.65. The number of aromatic carboxylic acids is 1. The Balaban J connectivity index is 2.69. The molecule has 0 aliphatic carbocycles. The fraction of sp³-hybridized carbons (Fsp3) is 0.333. The van der Waals surface area contributed by atoms with E-state index in [1.165, 1.54) is 18.5 Å². The van der Waals surface area contributed by atoms with E-state index >= 15 is 0 Å². The van der Waals surface area contributed by atoms with E-state index in [4.69, 9.17) is 9.84 Å². The standard InChI is InChI=1S/C9H12N2O3/c1-14-5-4-11-8-6-10-3-2-7(8)9(12)13/h2-3,6,11H,4-5H2,1H3,(H,12,13). The van der Waals surface area contributed by atoms with Gasteiger partial charge in [0.15, 0.2) is 0 Å². The van der Waals surface area contributed by atoms with Crippen LogP contribution in [0.5, 0.6) is 0 Å². The predicted octanol–water partition coefficient (Wildman–Crippen LogP) is 0.838. The summed E-state index contributed by atoms with van der Waals surface area (Å²) in [7, 11) is 1.59. The van der Waals surface area contributed by atoms with Crippen molar-refractivity contribution in [1.29, 1.82) is 0 Å². The molecule has 0 atom stereocenters. The molecule has 1 aromatic heterocycles. The average Bonchev–Trinajstić information content (AvgIpc) is 2.19. The summed E-state index contributed by atoms with van der Waals surface area (Å²) >= 11 is 0. The monoisotopic (exact) mass is 196 g/mol. The molecule has 1 rings (SSSR count). The average molecular weight is 196 g/mol. The molecule has 0 spiro atoms. The van der Waals surface area contributed by atoms with Crippen molar-refractivity contribution in [2.45, 2.75) is 0 Å². The van der Waals surface area contributed by atoms with Gasteiger partial charge in [-0.3, -0.25) is 4.98 Å². The molecule has 1 aromatic rings. The van der Waals surface area contributed by atoms with Gasteiger partial charge in [0.25, 0.3) is 0 Å². The highest BCUT2D eigenvalue weighted by atomic mass is 16.5. The van der Waals surface area contributed by atoms with Crippen molar-refractivity contribution in [3.05, 3.63) is 24.0 Å². The summed E-state index contributed by atoms with van der Waals surface area (Å²) in [5.41, 5.74) is 0.730. The third-order valence-electron chi connectivity index (χ3n) is 1.67. The highest BCUT2D eigenvalue weighted by Gasteiger charge is 2.08. The molecule has 0 radical (unpaired) electrons. The van der Waals surface area contributed by atoms with Gasteiger partial charge in [0.1, 0.15) is 0 Å². The summed E-state index contributed by atoms with van der Waals surface area (Å²) < 4.78 is 4.83. The maximum absolute atomic E-state index is 10.8. The molecule has 0 aromatic carbocycles. The van der Waals surface area contributed by atoms with Crippen LogP contribution in [0.4, 0.5) is 5.69 Å². The molecule has 76 valence electrons.